The zero-order chi connectivity index (χ0) is 9.14. The highest BCUT2D eigenvalue weighted by Gasteiger charge is 2.12. The highest BCUT2D eigenvalue weighted by molar-refractivity contribution is 5.81. The number of aliphatic imine (C=N–C) groups is 1. The molecule has 0 spiro atoms. The molecule has 0 bridgehead atoms. The molecule has 0 unspecified atom stereocenters. The van der Waals surface area contributed by atoms with Gasteiger partial charge >= 0.3 is 0 Å². The van der Waals surface area contributed by atoms with Crippen LogP contribution in [0.25, 0.3) is 0 Å². The molecule has 1 rings (SSSR count). The first kappa shape index (κ1) is 9.10. The molecule has 0 radical (unpaired) electrons. The van der Waals surface area contributed by atoms with Gasteiger partial charge < -0.3 is 5.43 Å². The van der Waals surface area contributed by atoms with Crippen molar-refractivity contribution >= 4 is 5.84 Å². The number of hydrogen-bond acceptors (Lipinski definition) is 3. The summed E-state index contributed by atoms with van der Waals surface area (Å²) in [4.78, 5) is 4.43. The van der Waals surface area contributed by atoms with Gasteiger partial charge in [-0.25, -0.2) is 4.99 Å². The number of allylic oxidation sites excluding steroid dienone is 2. The van der Waals surface area contributed by atoms with Gasteiger partial charge in [0.15, 0.2) is 0 Å². The standard InChI is InChI=1S/C9H17N3/c1-5-8-9(6(2)3)12-11-7(4)10-8/h6,12H,5H2,1-4H3,(H,10,11). The number of rotatable bonds is 2. The molecular weight excluding hydrogens is 150 g/mol. The lowest BCUT2D eigenvalue weighted by molar-refractivity contribution is 0.597. The quantitative estimate of drug-likeness (QED) is 0.658. The summed E-state index contributed by atoms with van der Waals surface area (Å²) < 4.78 is 0. The van der Waals surface area contributed by atoms with Crippen LogP contribution in [-0.4, -0.2) is 5.84 Å². The SMILES string of the molecule is CCC1=C(C(C)C)NNC(C)=N1. The van der Waals surface area contributed by atoms with Gasteiger partial charge in [0, 0.05) is 0 Å². The maximum atomic E-state index is 4.43. The van der Waals surface area contributed by atoms with Crippen LogP contribution < -0.4 is 10.9 Å². The summed E-state index contributed by atoms with van der Waals surface area (Å²) in [6, 6.07) is 0. The zero-order valence-electron chi connectivity index (χ0n) is 8.23. The Morgan fingerprint density at radius 3 is 2.50 bits per heavy atom. The van der Waals surface area contributed by atoms with Crippen LogP contribution in [0.15, 0.2) is 16.4 Å². The predicted octanol–water partition coefficient (Wildman–Crippen LogP) is 1.79. The third-order valence-corrected chi connectivity index (χ3v) is 1.90. The van der Waals surface area contributed by atoms with Crippen LogP contribution in [-0.2, 0) is 0 Å². The van der Waals surface area contributed by atoms with E-state index in [-0.39, 0.29) is 0 Å². The van der Waals surface area contributed by atoms with E-state index in [0.29, 0.717) is 5.92 Å². The summed E-state index contributed by atoms with van der Waals surface area (Å²) in [7, 11) is 0. The summed E-state index contributed by atoms with van der Waals surface area (Å²) in [5.41, 5.74) is 8.57. The van der Waals surface area contributed by atoms with Gasteiger partial charge in [-0.3, -0.25) is 5.43 Å². The molecule has 2 N–H and O–H groups in total. The van der Waals surface area contributed by atoms with Crippen LogP contribution in [0.5, 0.6) is 0 Å². The predicted molar refractivity (Wildman–Crippen MR) is 51.5 cm³/mol. The van der Waals surface area contributed by atoms with E-state index in [1.807, 2.05) is 6.92 Å². The smallest absolute Gasteiger partial charge is 0.117 e. The van der Waals surface area contributed by atoms with Gasteiger partial charge in [-0.15, -0.1) is 0 Å². The van der Waals surface area contributed by atoms with Crippen molar-refractivity contribution in [3.05, 3.63) is 11.4 Å². The number of nitrogens with one attached hydrogen (secondary N) is 2. The molecule has 0 aromatic heterocycles. The van der Waals surface area contributed by atoms with E-state index < -0.39 is 0 Å². The molecule has 0 aromatic rings. The molecule has 12 heavy (non-hydrogen) atoms. The Hall–Kier alpha value is -0.990. The lowest BCUT2D eigenvalue weighted by Crippen LogP contribution is -2.40. The molecule has 0 atom stereocenters. The maximum Gasteiger partial charge on any atom is 0.117 e. The van der Waals surface area contributed by atoms with Crippen LogP contribution in [0.3, 0.4) is 0 Å². The molecule has 0 saturated heterocycles. The zero-order valence-corrected chi connectivity index (χ0v) is 8.23. The summed E-state index contributed by atoms with van der Waals surface area (Å²) >= 11 is 0. The molecule has 0 fully saturated rings. The molecule has 1 aliphatic rings. The topological polar surface area (TPSA) is 36.4 Å². The summed E-state index contributed by atoms with van der Waals surface area (Å²) in [5.74, 6) is 1.44. The fourth-order valence-electron chi connectivity index (χ4n) is 1.27. The average Bonchev–Trinajstić information content (AvgIpc) is 2.03. The molecule has 68 valence electrons. The third-order valence-electron chi connectivity index (χ3n) is 1.90. The molecule has 0 aliphatic carbocycles. The number of hydrogen-bond donors (Lipinski definition) is 2. The Morgan fingerprint density at radius 2 is 2.00 bits per heavy atom. The van der Waals surface area contributed by atoms with Crippen LogP contribution in [0.4, 0.5) is 0 Å². The van der Waals surface area contributed by atoms with Crippen molar-refractivity contribution in [3.63, 3.8) is 0 Å². The molecule has 3 nitrogen and oxygen atoms in total. The summed E-state index contributed by atoms with van der Waals surface area (Å²) in [5, 5.41) is 0. The molecule has 1 heterocycles. The minimum Gasteiger partial charge on any atom is -0.302 e. The van der Waals surface area contributed by atoms with E-state index in [9.17, 15) is 0 Å². The first-order valence-corrected chi connectivity index (χ1v) is 4.45. The average molecular weight is 167 g/mol. The summed E-state index contributed by atoms with van der Waals surface area (Å²) in [6.07, 6.45) is 0.986. The van der Waals surface area contributed by atoms with Gasteiger partial charge in [0.2, 0.25) is 0 Å². The second-order valence-corrected chi connectivity index (χ2v) is 3.32. The second-order valence-electron chi connectivity index (χ2n) is 3.32. The van der Waals surface area contributed by atoms with Gasteiger partial charge in [-0.05, 0) is 19.3 Å². The van der Waals surface area contributed by atoms with Crippen molar-refractivity contribution in [1.29, 1.82) is 0 Å². The second kappa shape index (κ2) is 3.61. The van der Waals surface area contributed by atoms with Crippen molar-refractivity contribution < 1.29 is 0 Å². The number of nitrogens with zero attached hydrogens (tertiary/aromatic N) is 1. The lowest BCUT2D eigenvalue weighted by Gasteiger charge is -2.23. The van der Waals surface area contributed by atoms with E-state index in [4.69, 9.17) is 0 Å². The van der Waals surface area contributed by atoms with Crippen molar-refractivity contribution in [1.82, 2.24) is 10.9 Å². The van der Waals surface area contributed by atoms with Gasteiger partial charge in [-0.2, -0.15) is 0 Å². The minimum absolute atomic E-state index is 0.504. The monoisotopic (exact) mass is 167 g/mol. The van der Waals surface area contributed by atoms with E-state index in [0.717, 1.165) is 12.3 Å². The Kier molecular flexibility index (Phi) is 2.74. The van der Waals surface area contributed by atoms with Crippen LogP contribution in [0.1, 0.15) is 34.1 Å². The Morgan fingerprint density at radius 1 is 1.33 bits per heavy atom. The molecule has 3 heteroatoms. The fraction of sp³-hybridized carbons (Fsp3) is 0.667. The van der Waals surface area contributed by atoms with E-state index in [1.165, 1.54) is 11.4 Å². The number of amidine groups is 1. The minimum atomic E-state index is 0.504. The maximum absolute atomic E-state index is 4.43. The molecule has 0 aromatic carbocycles. The molecular formula is C9H17N3. The largest absolute Gasteiger partial charge is 0.302 e. The lowest BCUT2D eigenvalue weighted by atomic mass is 10.1. The van der Waals surface area contributed by atoms with Crippen molar-refractivity contribution in [2.75, 3.05) is 0 Å². The van der Waals surface area contributed by atoms with Gasteiger partial charge in [0.1, 0.15) is 5.84 Å². The van der Waals surface area contributed by atoms with Gasteiger partial charge in [0.25, 0.3) is 0 Å². The highest BCUT2D eigenvalue weighted by atomic mass is 15.4. The van der Waals surface area contributed by atoms with E-state index >= 15 is 0 Å². The Labute approximate surface area is 73.9 Å². The number of hydrazine groups is 1. The summed E-state index contributed by atoms with van der Waals surface area (Å²) in [6.45, 7) is 8.41. The first-order valence-electron chi connectivity index (χ1n) is 4.45. The van der Waals surface area contributed by atoms with E-state index in [1.54, 1.807) is 0 Å². The first-order chi connectivity index (χ1) is 5.65. The van der Waals surface area contributed by atoms with Crippen molar-refractivity contribution in [3.8, 4) is 0 Å². The van der Waals surface area contributed by atoms with Crippen LogP contribution >= 0.6 is 0 Å². The van der Waals surface area contributed by atoms with Crippen LogP contribution in [0, 0.1) is 5.92 Å². The molecule has 0 amide bonds. The third kappa shape index (κ3) is 1.78. The Bertz CT molecular complexity index is 226. The van der Waals surface area contributed by atoms with Gasteiger partial charge in [0.05, 0.1) is 11.4 Å². The van der Waals surface area contributed by atoms with Crippen molar-refractivity contribution in [2.45, 2.75) is 34.1 Å². The van der Waals surface area contributed by atoms with Crippen molar-refractivity contribution in [2.24, 2.45) is 10.9 Å². The molecule has 0 saturated carbocycles. The highest BCUT2D eigenvalue weighted by Crippen LogP contribution is 2.17. The normalized spacial score (nSPS) is 17.2. The van der Waals surface area contributed by atoms with Gasteiger partial charge in [-0.1, -0.05) is 20.8 Å². The molecule has 1 aliphatic heterocycles. The van der Waals surface area contributed by atoms with E-state index in [2.05, 4.69) is 36.6 Å². The fourth-order valence-corrected chi connectivity index (χ4v) is 1.27. The van der Waals surface area contributed by atoms with Crippen LogP contribution in [0.2, 0.25) is 0 Å². The Balaban J connectivity index is 2.91.